The molecular formula is C26H27BClN5O2. The number of piperidine rings is 1. The first kappa shape index (κ1) is 22.3. The lowest BCUT2D eigenvalue weighted by Crippen LogP contribution is -2.37. The molecule has 4 heterocycles. The lowest BCUT2D eigenvalue weighted by molar-refractivity contribution is 0.171. The largest absolute Gasteiger partial charge is 0.454 e. The van der Waals surface area contributed by atoms with Crippen molar-refractivity contribution in [2.45, 2.75) is 19.4 Å². The number of aromatic nitrogens is 3. The minimum Gasteiger partial charge on any atom is -0.454 e. The Labute approximate surface area is 210 Å². The Kier molecular flexibility index (Phi) is 6.00. The van der Waals surface area contributed by atoms with Crippen LogP contribution in [0.4, 0.5) is 5.82 Å². The van der Waals surface area contributed by atoms with Gasteiger partial charge in [-0.05, 0) is 54.5 Å². The summed E-state index contributed by atoms with van der Waals surface area (Å²) in [6, 6.07) is 16.1. The van der Waals surface area contributed by atoms with Crippen molar-refractivity contribution in [2.75, 3.05) is 31.7 Å². The number of halogens is 1. The average molecular weight is 488 g/mol. The first-order chi connectivity index (χ1) is 17.1. The first-order valence-electron chi connectivity index (χ1n) is 12.1. The highest BCUT2D eigenvalue weighted by atomic mass is 35.5. The van der Waals surface area contributed by atoms with E-state index in [9.17, 15) is 0 Å². The summed E-state index contributed by atoms with van der Waals surface area (Å²) in [6.45, 7) is 4.26. The lowest BCUT2D eigenvalue weighted by Gasteiger charge is -2.33. The molecule has 0 amide bonds. The quantitative estimate of drug-likeness (QED) is 0.421. The molecule has 2 aromatic carbocycles. The molecule has 0 saturated carbocycles. The van der Waals surface area contributed by atoms with Crippen molar-refractivity contribution in [2.24, 2.45) is 5.92 Å². The van der Waals surface area contributed by atoms with E-state index >= 15 is 0 Å². The molecule has 178 valence electrons. The van der Waals surface area contributed by atoms with E-state index in [-0.39, 0.29) is 0 Å². The molecule has 0 spiro atoms. The fourth-order valence-corrected chi connectivity index (χ4v) is 5.25. The zero-order chi connectivity index (χ0) is 23.8. The molecule has 6 rings (SSSR count). The summed E-state index contributed by atoms with van der Waals surface area (Å²) in [5.41, 5.74) is 4.91. The third-order valence-electron chi connectivity index (χ3n) is 6.82. The topological polar surface area (TPSA) is 63.9 Å². The average Bonchev–Trinajstić information content (AvgIpc) is 3.49. The molecule has 35 heavy (non-hydrogen) atoms. The third kappa shape index (κ3) is 4.56. The van der Waals surface area contributed by atoms with Gasteiger partial charge in [0.15, 0.2) is 17.1 Å². The number of hydrogen-bond donors (Lipinski definition) is 1. The van der Waals surface area contributed by atoms with E-state index in [0.29, 0.717) is 17.7 Å². The second-order valence-corrected chi connectivity index (χ2v) is 9.79. The van der Waals surface area contributed by atoms with Gasteiger partial charge in [-0.15, -0.1) is 0 Å². The number of likely N-dealkylation sites (tertiary alicyclic amines) is 1. The Balaban J connectivity index is 1.17. The molecule has 7 nitrogen and oxygen atoms in total. The molecule has 0 aliphatic carbocycles. The maximum absolute atomic E-state index is 6.49. The molecule has 1 N–H and O–H groups in total. The highest BCUT2D eigenvalue weighted by Gasteiger charge is 2.22. The van der Waals surface area contributed by atoms with Gasteiger partial charge in [0.25, 0.3) is 0 Å². The Bertz CT molecular complexity index is 1380. The van der Waals surface area contributed by atoms with E-state index in [4.69, 9.17) is 26.1 Å². The van der Waals surface area contributed by atoms with Crippen LogP contribution in [0.2, 0.25) is 5.02 Å². The van der Waals surface area contributed by atoms with Crippen LogP contribution in [-0.4, -0.2) is 53.8 Å². The monoisotopic (exact) mass is 487 g/mol. The maximum atomic E-state index is 6.49. The smallest absolute Gasteiger partial charge is 0.231 e. The number of fused-ring (bicyclic) bond motifs is 2. The predicted octanol–water partition coefficient (Wildman–Crippen LogP) is 3.36. The van der Waals surface area contributed by atoms with Crippen molar-refractivity contribution in [3.63, 3.8) is 0 Å². The summed E-state index contributed by atoms with van der Waals surface area (Å²) in [4.78, 5) is 7.38. The van der Waals surface area contributed by atoms with Crippen molar-refractivity contribution in [1.82, 2.24) is 19.5 Å². The van der Waals surface area contributed by atoms with Gasteiger partial charge < -0.3 is 14.8 Å². The van der Waals surface area contributed by atoms with Gasteiger partial charge >= 0.3 is 0 Å². The highest BCUT2D eigenvalue weighted by molar-refractivity contribution is 6.36. The number of rotatable bonds is 6. The summed E-state index contributed by atoms with van der Waals surface area (Å²) in [5, 5.41) is 8.93. The van der Waals surface area contributed by atoms with Gasteiger partial charge in [-0.3, -0.25) is 4.90 Å². The number of hydrogen-bond acceptors (Lipinski definition) is 6. The van der Waals surface area contributed by atoms with Crippen LogP contribution in [-0.2, 0) is 6.54 Å². The van der Waals surface area contributed by atoms with Crippen LogP contribution in [0.3, 0.4) is 0 Å². The van der Waals surface area contributed by atoms with Crippen LogP contribution in [0, 0.1) is 5.92 Å². The van der Waals surface area contributed by atoms with Gasteiger partial charge in [0.2, 0.25) is 6.79 Å². The Morgan fingerprint density at radius 1 is 1.11 bits per heavy atom. The summed E-state index contributed by atoms with van der Waals surface area (Å²) in [6.07, 6.45) is 4.25. The molecule has 0 bridgehead atoms. The van der Waals surface area contributed by atoms with Crippen molar-refractivity contribution >= 4 is 36.4 Å². The molecular weight excluding hydrogens is 461 g/mol. The van der Waals surface area contributed by atoms with E-state index in [2.05, 4.69) is 27.4 Å². The molecule has 0 radical (unpaired) electrons. The fourth-order valence-electron chi connectivity index (χ4n) is 5.01. The molecule has 1 atom stereocenters. The maximum Gasteiger partial charge on any atom is 0.231 e. The molecule has 9 heteroatoms. The molecule has 1 unspecified atom stereocenters. The Morgan fingerprint density at radius 3 is 2.91 bits per heavy atom. The number of benzene rings is 2. The standard InChI is InChI=1S/C26H27BClN5O2/c27-20-13-30-33-25(11-22(31-26(20)33)19-5-1-2-6-21(19)28)29-12-18-4-3-9-32(15-18)14-17-7-8-23-24(10-17)35-16-34-23/h1-2,5-8,10-11,13,18,29H,3-4,9,12,14-16,27H2. The Morgan fingerprint density at radius 2 is 2.00 bits per heavy atom. The van der Waals surface area contributed by atoms with Crippen LogP contribution >= 0.6 is 11.6 Å². The van der Waals surface area contributed by atoms with Crippen LogP contribution in [0.5, 0.6) is 11.5 Å². The second kappa shape index (κ2) is 9.43. The van der Waals surface area contributed by atoms with Gasteiger partial charge in [0.1, 0.15) is 13.7 Å². The number of anilines is 1. The van der Waals surface area contributed by atoms with E-state index in [1.807, 2.05) is 55.0 Å². The summed E-state index contributed by atoms with van der Waals surface area (Å²) in [7, 11) is 2.03. The Hall–Kier alpha value is -3.23. The minimum absolute atomic E-state index is 0.312. The van der Waals surface area contributed by atoms with E-state index in [1.54, 1.807) is 0 Å². The molecule has 4 aromatic rings. The van der Waals surface area contributed by atoms with Gasteiger partial charge in [-0.25, -0.2) is 4.98 Å². The molecule has 2 aliphatic heterocycles. The lowest BCUT2D eigenvalue weighted by atomic mass is 9.97. The normalized spacial score (nSPS) is 17.7. The summed E-state index contributed by atoms with van der Waals surface area (Å²) < 4.78 is 12.9. The zero-order valence-corrected chi connectivity index (χ0v) is 20.5. The highest BCUT2D eigenvalue weighted by Crippen LogP contribution is 2.33. The van der Waals surface area contributed by atoms with Crippen LogP contribution in [0.1, 0.15) is 18.4 Å². The SMILES string of the molecule is Bc1cnn2c(NCC3CCCN(Cc4ccc5c(c4)OCO5)C3)cc(-c3ccccc3Cl)nc12. The third-order valence-corrected chi connectivity index (χ3v) is 7.15. The fraction of sp³-hybridized carbons (Fsp3) is 0.308. The summed E-state index contributed by atoms with van der Waals surface area (Å²) in [5.74, 6) is 3.17. The first-order valence-corrected chi connectivity index (χ1v) is 12.5. The van der Waals surface area contributed by atoms with Crippen molar-refractivity contribution in [1.29, 1.82) is 0 Å². The summed E-state index contributed by atoms with van der Waals surface area (Å²) >= 11 is 6.49. The second-order valence-electron chi connectivity index (χ2n) is 9.38. The minimum atomic E-state index is 0.312. The van der Waals surface area contributed by atoms with Crippen molar-refractivity contribution in [3.05, 3.63) is 65.3 Å². The van der Waals surface area contributed by atoms with Gasteiger partial charge in [0.05, 0.1) is 5.69 Å². The molecule has 1 fully saturated rings. The van der Waals surface area contributed by atoms with E-state index in [0.717, 1.165) is 65.9 Å². The number of nitrogens with zero attached hydrogens (tertiary/aromatic N) is 4. The number of ether oxygens (including phenoxy) is 2. The molecule has 1 saturated heterocycles. The van der Waals surface area contributed by atoms with Gasteiger partial charge in [-0.1, -0.05) is 35.9 Å². The van der Waals surface area contributed by atoms with E-state index < -0.39 is 0 Å². The van der Waals surface area contributed by atoms with Crippen molar-refractivity contribution < 1.29 is 9.47 Å². The van der Waals surface area contributed by atoms with Crippen LogP contribution in [0.25, 0.3) is 16.9 Å². The molecule has 2 aliphatic rings. The number of nitrogens with one attached hydrogen (secondary N) is 1. The zero-order valence-electron chi connectivity index (χ0n) is 19.7. The van der Waals surface area contributed by atoms with Gasteiger partial charge in [0, 0.05) is 42.5 Å². The van der Waals surface area contributed by atoms with Crippen LogP contribution < -0.4 is 20.3 Å². The van der Waals surface area contributed by atoms with Crippen LogP contribution in [0.15, 0.2) is 54.7 Å². The van der Waals surface area contributed by atoms with Gasteiger partial charge in [-0.2, -0.15) is 9.61 Å². The van der Waals surface area contributed by atoms with Crippen molar-refractivity contribution in [3.8, 4) is 22.8 Å². The molecule has 2 aromatic heterocycles. The predicted molar refractivity (Wildman–Crippen MR) is 141 cm³/mol. The van der Waals surface area contributed by atoms with E-state index in [1.165, 1.54) is 18.4 Å².